The number of allylic oxidation sites excluding steroid dienone is 1. The van der Waals surface area contributed by atoms with E-state index in [1.165, 1.54) is 7.11 Å². The number of hydrogen-bond acceptors (Lipinski definition) is 4. The van der Waals surface area contributed by atoms with Gasteiger partial charge in [-0.2, -0.15) is 0 Å². The molecule has 1 fully saturated rings. The number of hydrogen-bond donors (Lipinski definition) is 1. The molecular formula is C19H26N2O4. The molecule has 2 atom stereocenters. The van der Waals surface area contributed by atoms with Gasteiger partial charge in [0, 0.05) is 18.8 Å². The van der Waals surface area contributed by atoms with Crippen molar-refractivity contribution in [1.29, 1.82) is 0 Å². The molecule has 1 aliphatic heterocycles. The summed E-state index contributed by atoms with van der Waals surface area (Å²) < 4.78 is 5.03. The van der Waals surface area contributed by atoms with Gasteiger partial charge < -0.3 is 14.7 Å². The first-order chi connectivity index (χ1) is 11.9. The normalized spacial score (nSPS) is 20.7. The first-order valence-electron chi connectivity index (χ1n) is 8.55. The smallest absolute Gasteiger partial charge is 0.305 e. The van der Waals surface area contributed by atoms with E-state index in [1.807, 2.05) is 13.0 Å². The third-order valence-electron chi connectivity index (χ3n) is 4.78. The van der Waals surface area contributed by atoms with Gasteiger partial charge in [-0.3, -0.25) is 9.59 Å². The van der Waals surface area contributed by atoms with Crippen molar-refractivity contribution in [3.8, 4) is 5.88 Å². The zero-order valence-corrected chi connectivity index (χ0v) is 14.9. The van der Waals surface area contributed by atoms with Gasteiger partial charge in [-0.1, -0.05) is 18.6 Å². The third kappa shape index (κ3) is 4.38. The molecule has 25 heavy (non-hydrogen) atoms. The van der Waals surface area contributed by atoms with Crippen LogP contribution in [0.1, 0.15) is 50.6 Å². The summed E-state index contributed by atoms with van der Waals surface area (Å²) in [6.45, 7) is 6.24. The molecule has 2 rings (SSSR count). The van der Waals surface area contributed by atoms with E-state index in [-0.39, 0.29) is 12.3 Å². The van der Waals surface area contributed by atoms with Crippen LogP contribution in [-0.4, -0.2) is 40.5 Å². The standard InChI is InChI=1S/C19H26N2O4/c1-4-5-6-7-10-19(2)13-21(18(19)24)15(11-17(22)23)14-8-9-16(25-3)20-12-14/h4,8-9,12,15H,1,5-7,10-11,13H2,2-3H3,(H,22,23). The number of unbranched alkanes of at least 4 members (excludes halogenated alkanes) is 2. The van der Waals surface area contributed by atoms with Crippen molar-refractivity contribution >= 4 is 11.9 Å². The number of rotatable bonds is 10. The first-order valence-corrected chi connectivity index (χ1v) is 8.55. The summed E-state index contributed by atoms with van der Waals surface area (Å²) in [6, 6.07) is 2.96. The highest BCUT2D eigenvalue weighted by Crippen LogP contribution is 2.42. The van der Waals surface area contributed by atoms with Gasteiger partial charge in [0.25, 0.3) is 0 Å². The molecule has 2 unspecified atom stereocenters. The molecule has 6 nitrogen and oxygen atoms in total. The molecule has 136 valence electrons. The first kappa shape index (κ1) is 19.0. The quantitative estimate of drug-likeness (QED) is 0.400. The lowest BCUT2D eigenvalue weighted by atomic mass is 9.74. The molecule has 0 bridgehead atoms. The number of aliphatic carboxylic acids is 1. The molecule has 1 amide bonds. The number of aromatic nitrogens is 1. The molecule has 6 heteroatoms. The number of carboxylic acids is 1. The lowest BCUT2D eigenvalue weighted by Gasteiger charge is -2.50. The number of methoxy groups -OCH3 is 1. The van der Waals surface area contributed by atoms with Crippen LogP contribution in [0.25, 0.3) is 0 Å². The number of amides is 1. The Hall–Kier alpha value is -2.37. The van der Waals surface area contributed by atoms with Gasteiger partial charge in [0.1, 0.15) is 0 Å². The highest BCUT2D eigenvalue weighted by atomic mass is 16.5. The Morgan fingerprint density at radius 1 is 1.52 bits per heavy atom. The molecule has 0 radical (unpaired) electrons. The topological polar surface area (TPSA) is 79.7 Å². The maximum absolute atomic E-state index is 12.7. The number of pyridine rings is 1. The largest absolute Gasteiger partial charge is 0.481 e. The molecule has 1 aliphatic rings. The molecule has 0 aromatic carbocycles. The average Bonchev–Trinajstić information content (AvgIpc) is 2.61. The number of β-lactam (4-membered cyclic amide) rings is 1. The van der Waals surface area contributed by atoms with Crippen LogP contribution in [0.5, 0.6) is 5.88 Å². The van der Waals surface area contributed by atoms with E-state index < -0.39 is 17.4 Å². The van der Waals surface area contributed by atoms with Crippen molar-refractivity contribution in [3.05, 3.63) is 36.5 Å². The summed E-state index contributed by atoms with van der Waals surface area (Å²) in [6.07, 6.45) is 7.09. The van der Waals surface area contributed by atoms with Crippen molar-refractivity contribution in [2.45, 2.75) is 45.1 Å². The summed E-state index contributed by atoms with van der Waals surface area (Å²) in [5.41, 5.74) is 0.322. The Balaban J connectivity index is 2.07. The fourth-order valence-corrected chi connectivity index (χ4v) is 3.30. The summed E-state index contributed by atoms with van der Waals surface area (Å²) in [5.74, 6) is -0.457. The van der Waals surface area contributed by atoms with Crippen molar-refractivity contribution in [3.63, 3.8) is 0 Å². The average molecular weight is 346 g/mol. The summed E-state index contributed by atoms with van der Waals surface area (Å²) in [5, 5.41) is 9.24. The summed E-state index contributed by atoms with van der Waals surface area (Å²) in [4.78, 5) is 29.8. The van der Waals surface area contributed by atoms with Crippen LogP contribution >= 0.6 is 0 Å². The van der Waals surface area contributed by atoms with Crippen LogP contribution in [0.4, 0.5) is 0 Å². The SMILES string of the molecule is C=CCCCCC1(C)CN(C(CC(=O)O)c2ccc(OC)nc2)C1=O. The highest BCUT2D eigenvalue weighted by Gasteiger charge is 2.50. The van der Waals surface area contributed by atoms with E-state index in [9.17, 15) is 14.7 Å². The molecule has 0 spiro atoms. The second-order valence-electron chi connectivity index (χ2n) is 6.78. The Kier molecular flexibility index (Phi) is 6.17. The number of ether oxygens (including phenoxy) is 1. The molecule has 0 aliphatic carbocycles. The fourth-order valence-electron chi connectivity index (χ4n) is 3.30. The van der Waals surface area contributed by atoms with Gasteiger partial charge in [0.15, 0.2) is 0 Å². The van der Waals surface area contributed by atoms with Gasteiger partial charge in [0.05, 0.1) is 25.0 Å². The van der Waals surface area contributed by atoms with E-state index >= 15 is 0 Å². The fraction of sp³-hybridized carbons (Fsp3) is 0.526. The van der Waals surface area contributed by atoms with E-state index in [0.717, 1.165) is 25.7 Å². The van der Waals surface area contributed by atoms with Gasteiger partial charge in [-0.25, -0.2) is 4.98 Å². The van der Waals surface area contributed by atoms with Crippen LogP contribution in [0.2, 0.25) is 0 Å². The van der Waals surface area contributed by atoms with Gasteiger partial charge in [-0.15, -0.1) is 6.58 Å². The van der Waals surface area contributed by atoms with Gasteiger partial charge >= 0.3 is 5.97 Å². The third-order valence-corrected chi connectivity index (χ3v) is 4.78. The Labute approximate surface area is 148 Å². The number of carbonyl (C=O) groups excluding carboxylic acids is 1. The van der Waals surface area contributed by atoms with E-state index in [2.05, 4.69) is 11.6 Å². The van der Waals surface area contributed by atoms with Crippen molar-refractivity contribution < 1.29 is 19.4 Å². The van der Waals surface area contributed by atoms with E-state index in [1.54, 1.807) is 23.2 Å². The maximum Gasteiger partial charge on any atom is 0.305 e. The van der Waals surface area contributed by atoms with Crippen LogP contribution in [-0.2, 0) is 9.59 Å². The van der Waals surface area contributed by atoms with Crippen LogP contribution in [0, 0.1) is 5.41 Å². The van der Waals surface area contributed by atoms with Gasteiger partial charge in [-0.05, 0) is 31.7 Å². The summed E-state index contributed by atoms with van der Waals surface area (Å²) >= 11 is 0. The van der Waals surface area contributed by atoms with Crippen LogP contribution in [0.3, 0.4) is 0 Å². The van der Waals surface area contributed by atoms with E-state index in [4.69, 9.17) is 4.74 Å². The highest BCUT2D eigenvalue weighted by molar-refractivity contribution is 5.89. The molecule has 1 N–H and O–H groups in total. The lowest BCUT2D eigenvalue weighted by molar-refractivity contribution is -0.165. The van der Waals surface area contributed by atoms with E-state index in [0.29, 0.717) is 18.0 Å². The second-order valence-corrected chi connectivity index (χ2v) is 6.78. The molecule has 1 aromatic heterocycles. The minimum absolute atomic E-state index is 0.0215. The zero-order valence-electron chi connectivity index (χ0n) is 14.9. The van der Waals surface area contributed by atoms with Crippen LogP contribution in [0.15, 0.2) is 31.0 Å². The number of carboxylic acid groups (broad SMARTS) is 1. The molecule has 2 heterocycles. The van der Waals surface area contributed by atoms with Crippen molar-refractivity contribution in [2.24, 2.45) is 5.41 Å². The minimum atomic E-state index is -0.937. The molecule has 1 aromatic rings. The van der Waals surface area contributed by atoms with Crippen LogP contribution < -0.4 is 4.74 Å². The number of nitrogens with zero attached hydrogens (tertiary/aromatic N) is 2. The Bertz CT molecular complexity index is 629. The molecule has 0 saturated carbocycles. The minimum Gasteiger partial charge on any atom is -0.481 e. The Morgan fingerprint density at radius 3 is 2.80 bits per heavy atom. The maximum atomic E-state index is 12.7. The molecule has 1 saturated heterocycles. The molecular weight excluding hydrogens is 320 g/mol. The zero-order chi connectivity index (χ0) is 18.4. The lowest BCUT2D eigenvalue weighted by Crippen LogP contribution is -2.61. The van der Waals surface area contributed by atoms with Crippen molar-refractivity contribution in [1.82, 2.24) is 9.88 Å². The summed E-state index contributed by atoms with van der Waals surface area (Å²) in [7, 11) is 1.52. The Morgan fingerprint density at radius 2 is 2.28 bits per heavy atom. The van der Waals surface area contributed by atoms with Crippen molar-refractivity contribution in [2.75, 3.05) is 13.7 Å². The second kappa shape index (κ2) is 8.14. The predicted octanol–water partition coefficient (Wildman–Crippen LogP) is 3.20. The monoisotopic (exact) mass is 346 g/mol. The predicted molar refractivity (Wildman–Crippen MR) is 94.3 cm³/mol. The van der Waals surface area contributed by atoms with Gasteiger partial charge in [0.2, 0.25) is 11.8 Å². The number of likely N-dealkylation sites (tertiary alicyclic amines) is 1. The number of carbonyl (C=O) groups is 2.